The first kappa shape index (κ1) is 20.1. The van der Waals surface area contributed by atoms with E-state index in [1.807, 2.05) is 48.0 Å². The number of rotatable bonds is 8. The van der Waals surface area contributed by atoms with Gasteiger partial charge in [-0.2, -0.15) is 0 Å². The van der Waals surface area contributed by atoms with E-state index in [1.54, 1.807) is 7.11 Å². The topological polar surface area (TPSA) is 52.6 Å². The number of ether oxygens (including phenoxy) is 1. The number of hydrogen-bond acceptors (Lipinski definition) is 3. The molecule has 0 saturated heterocycles. The van der Waals surface area contributed by atoms with Gasteiger partial charge in [-0.15, -0.1) is 0 Å². The highest BCUT2D eigenvalue weighted by Gasteiger charge is 2.18. The lowest BCUT2D eigenvalue weighted by atomic mass is 10.3. The van der Waals surface area contributed by atoms with Crippen LogP contribution in [0.1, 0.15) is 13.3 Å². The van der Waals surface area contributed by atoms with Crippen molar-refractivity contribution in [2.24, 2.45) is 7.05 Å². The third kappa shape index (κ3) is 4.26. The third-order valence-electron chi connectivity index (χ3n) is 4.83. The monoisotopic (exact) mass is 399 g/mol. The predicted molar refractivity (Wildman–Crippen MR) is 114 cm³/mol. The smallest absolute Gasteiger partial charge is 0.279 e. The maximum absolute atomic E-state index is 12.7. The van der Waals surface area contributed by atoms with Crippen LogP contribution < -0.4 is 15.0 Å². The number of hydrogen-bond donors (Lipinski definition) is 2. The molecule has 2 aromatic carbocycles. The summed E-state index contributed by atoms with van der Waals surface area (Å²) < 4.78 is 10.2. The summed E-state index contributed by atoms with van der Waals surface area (Å²) in [7, 11) is 3.58. The van der Waals surface area contributed by atoms with Crippen LogP contribution in [0.15, 0.2) is 48.5 Å². The van der Waals surface area contributed by atoms with Crippen LogP contribution in [0, 0.1) is 4.77 Å². The Morgan fingerprint density at radius 3 is 2.54 bits per heavy atom. The molecule has 3 rings (SSSR count). The van der Waals surface area contributed by atoms with Crippen molar-refractivity contribution in [2.75, 3.05) is 25.5 Å². The number of imidazole rings is 1. The average Bonchev–Trinajstić information content (AvgIpc) is 2.93. The van der Waals surface area contributed by atoms with Gasteiger partial charge in [0.25, 0.3) is 5.91 Å². The first-order valence-corrected chi connectivity index (χ1v) is 9.86. The van der Waals surface area contributed by atoms with Crippen LogP contribution in [0.4, 0.5) is 5.69 Å². The highest BCUT2D eigenvalue weighted by atomic mass is 32.1. The molecule has 7 heteroatoms. The third-order valence-corrected chi connectivity index (χ3v) is 5.32. The molecule has 2 N–H and O–H groups in total. The molecule has 1 atom stereocenters. The number of aryl methyl sites for hydroxylation is 1. The first-order chi connectivity index (χ1) is 13.5. The number of fused-ring (bicyclic) bond motifs is 1. The van der Waals surface area contributed by atoms with Gasteiger partial charge in [-0.25, -0.2) is 0 Å². The van der Waals surface area contributed by atoms with Crippen LogP contribution in [-0.4, -0.2) is 35.2 Å². The van der Waals surface area contributed by atoms with Crippen molar-refractivity contribution >= 4 is 34.8 Å². The summed E-state index contributed by atoms with van der Waals surface area (Å²) >= 11 is 5.64. The second-order valence-electron chi connectivity index (χ2n) is 6.84. The van der Waals surface area contributed by atoms with Crippen molar-refractivity contribution in [3.63, 3.8) is 0 Å². The summed E-state index contributed by atoms with van der Waals surface area (Å²) in [6.07, 6.45) is 0.982. The summed E-state index contributed by atoms with van der Waals surface area (Å²) in [4.78, 5) is 13.8. The molecule has 0 fully saturated rings. The lowest BCUT2D eigenvalue weighted by molar-refractivity contribution is -0.914. The maximum Gasteiger partial charge on any atom is 0.279 e. The molecule has 1 heterocycles. The van der Waals surface area contributed by atoms with Crippen molar-refractivity contribution in [3.8, 4) is 5.75 Å². The summed E-state index contributed by atoms with van der Waals surface area (Å²) in [6, 6.07) is 15.6. The molecule has 28 heavy (non-hydrogen) atoms. The van der Waals surface area contributed by atoms with Gasteiger partial charge in [-0.05, 0) is 42.9 Å². The van der Waals surface area contributed by atoms with Gasteiger partial charge in [0, 0.05) is 7.05 Å². The molecule has 0 aliphatic carbocycles. The molecule has 0 radical (unpaired) electrons. The number of para-hydroxylation sites is 4. The lowest BCUT2D eigenvalue weighted by Gasteiger charge is -2.20. The summed E-state index contributed by atoms with van der Waals surface area (Å²) in [5, 5.41) is 2.97. The molecule has 0 aliphatic rings. The molecule has 6 nitrogen and oxygen atoms in total. The fraction of sp³-hybridized carbons (Fsp3) is 0.333. The Labute approximate surface area is 170 Å². The second-order valence-corrected chi connectivity index (χ2v) is 7.21. The van der Waals surface area contributed by atoms with Gasteiger partial charge in [0.05, 0.1) is 30.4 Å². The molecule has 0 spiro atoms. The van der Waals surface area contributed by atoms with Gasteiger partial charge in [0.15, 0.2) is 18.0 Å². The zero-order chi connectivity index (χ0) is 20.1. The van der Waals surface area contributed by atoms with Crippen LogP contribution >= 0.6 is 12.2 Å². The number of benzene rings is 2. The Morgan fingerprint density at radius 1 is 1.14 bits per heavy atom. The summed E-state index contributed by atoms with van der Waals surface area (Å²) in [5.74, 6) is 0.615. The van der Waals surface area contributed by atoms with Gasteiger partial charge in [-0.1, -0.05) is 31.2 Å². The van der Waals surface area contributed by atoms with Crippen LogP contribution in [0.3, 0.4) is 0 Å². The summed E-state index contributed by atoms with van der Waals surface area (Å²) in [6.45, 7) is 4.01. The zero-order valence-corrected chi connectivity index (χ0v) is 17.4. The Morgan fingerprint density at radius 2 is 1.82 bits per heavy atom. The molecular weight excluding hydrogens is 372 g/mol. The van der Waals surface area contributed by atoms with Gasteiger partial charge in [0.1, 0.15) is 5.75 Å². The number of carbonyl (C=O) groups is 1. The predicted octanol–water partition coefficient (Wildman–Crippen LogP) is 2.61. The molecular formula is C21H27N4O2S+. The SMILES string of the molecule is CCC[NH+](CC(=O)Nc1ccccc1OC)Cn1c(=S)n(C)c2ccccc21. The Hall–Kier alpha value is -2.64. The number of quaternary nitrogens is 1. The lowest BCUT2D eigenvalue weighted by Crippen LogP contribution is -3.12. The first-order valence-electron chi connectivity index (χ1n) is 9.45. The Kier molecular flexibility index (Phi) is 6.49. The van der Waals surface area contributed by atoms with E-state index in [1.165, 1.54) is 0 Å². The highest BCUT2D eigenvalue weighted by molar-refractivity contribution is 7.71. The van der Waals surface area contributed by atoms with Crippen molar-refractivity contribution in [1.29, 1.82) is 0 Å². The van der Waals surface area contributed by atoms with E-state index in [9.17, 15) is 4.79 Å². The van der Waals surface area contributed by atoms with Gasteiger partial charge in [-0.3, -0.25) is 9.36 Å². The van der Waals surface area contributed by atoms with E-state index in [0.717, 1.165) is 33.7 Å². The van der Waals surface area contributed by atoms with Gasteiger partial charge >= 0.3 is 0 Å². The number of nitrogens with one attached hydrogen (secondary N) is 2. The number of aromatic nitrogens is 2. The minimum absolute atomic E-state index is 0.0419. The normalized spacial score (nSPS) is 12.1. The molecule has 3 aromatic rings. The van der Waals surface area contributed by atoms with Crippen LogP contribution in [-0.2, 0) is 18.5 Å². The van der Waals surface area contributed by atoms with Crippen molar-refractivity contribution in [3.05, 3.63) is 53.3 Å². The number of nitrogens with zero attached hydrogens (tertiary/aromatic N) is 2. The molecule has 1 amide bonds. The quantitative estimate of drug-likeness (QED) is 0.573. The number of carbonyl (C=O) groups excluding carboxylic acids is 1. The van der Waals surface area contributed by atoms with Crippen molar-refractivity contribution in [1.82, 2.24) is 9.13 Å². The van der Waals surface area contributed by atoms with E-state index in [0.29, 0.717) is 24.7 Å². The molecule has 0 bridgehead atoms. The summed E-state index contributed by atoms with van der Waals surface area (Å²) in [5.41, 5.74) is 2.88. The molecule has 0 saturated carbocycles. The van der Waals surface area contributed by atoms with E-state index >= 15 is 0 Å². The molecule has 1 aromatic heterocycles. The van der Waals surface area contributed by atoms with E-state index in [2.05, 4.69) is 28.9 Å². The van der Waals surface area contributed by atoms with Crippen molar-refractivity contribution < 1.29 is 14.4 Å². The average molecular weight is 400 g/mol. The van der Waals surface area contributed by atoms with E-state index < -0.39 is 0 Å². The van der Waals surface area contributed by atoms with Gasteiger partial charge in [0.2, 0.25) is 0 Å². The van der Waals surface area contributed by atoms with Crippen LogP contribution in [0.25, 0.3) is 11.0 Å². The number of anilines is 1. The second kappa shape index (κ2) is 9.03. The largest absolute Gasteiger partial charge is 0.495 e. The number of amides is 1. The van der Waals surface area contributed by atoms with Crippen molar-refractivity contribution in [2.45, 2.75) is 20.0 Å². The zero-order valence-electron chi connectivity index (χ0n) is 16.6. The fourth-order valence-electron chi connectivity index (χ4n) is 3.49. The van der Waals surface area contributed by atoms with Crippen LogP contribution in [0.2, 0.25) is 0 Å². The minimum Gasteiger partial charge on any atom is -0.495 e. The minimum atomic E-state index is -0.0419. The molecule has 148 valence electrons. The fourth-order valence-corrected chi connectivity index (χ4v) is 3.75. The Balaban J connectivity index is 1.78. The van der Waals surface area contributed by atoms with Crippen LogP contribution in [0.5, 0.6) is 5.75 Å². The van der Waals surface area contributed by atoms with Gasteiger partial charge < -0.3 is 19.5 Å². The number of methoxy groups -OCH3 is 1. The van der Waals surface area contributed by atoms with E-state index in [4.69, 9.17) is 17.0 Å². The van der Waals surface area contributed by atoms with E-state index in [-0.39, 0.29) is 5.91 Å². The molecule has 1 unspecified atom stereocenters. The highest BCUT2D eigenvalue weighted by Crippen LogP contribution is 2.22. The molecule has 0 aliphatic heterocycles. The maximum atomic E-state index is 12.7. The Bertz CT molecular complexity index is 1020. The standard InChI is InChI=1S/C21H26N4O2S/c1-4-13-24(14-20(26)22-16-9-5-8-12-19(16)27-3)15-25-18-11-7-6-10-17(18)23(2)21(25)28/h5-12H,4,13-15H2,1-3H3,(H,22,26)/p+1.